The van der Waals surface area contributed by atoms with E-state index in [0.29, 0.717) is 23.5 Å². The summed E-state index contributed by atoms with van der Waals surface area (Å²) in [5.74, 6) is 0.227. The minimum Gasteiger partial charge on any atom is -0.387 e. The Morgan fingerprint density at radius 3 is 2.21 bits per heavy atom. The Morgan fingerprint density at radius 1 is 1.21 bits per heavy atom. The average molecular weight is 270 g/mol. The fraction of sp³-hybridized carbons (Fsp3) is 0.929. The summed E-state index contributed by atoms with van der Waals surface area (Å²) in [6, 6.07) is 0.485. The predicted octanol–water partition coefficient (Wildman–Crippen LogP) is -0.251. The number of quaternary nitrogens is 1. The first kappa shape index (κ1) is 14.8. The molecule has 2 aliphatic heterocycles. The summed E-state index contributed by atoms with van der Waals surface area (Å²) in [4.78, 5) is 17.0. The molecule has 0 bridgehead atoms. The Hall–Kier alpha value is -0.650. The highest BCUT2D eigenvalue weighted by atomic mass is 16.3. The van der Waals surface area contributed by atoms with E-state index in [1.54, 1.807) is 0 Å². The first-order valence-electron chi connectivity index (χ1n) is 7.35. The molecule has 0 spiro atoms. The van der Waals surface area contributed by atoms with Gasteiger partial charge < -0.3 is 14.5 Å². The van der Waals surface area contributed by atoms with Gasteiger partial charge in [-0.1, -0.05) is 0 Å². The third-order valence-electron chi connectivity index (χ3n) is 4.66. The van der Waals surface area contributed by atoms with E-state index in [0.717, 1.165) is 26.2 Å². The number of nitrogens with zero attached hydrogens (tertiary/aromatic N) is 3. The minimum absolute atomic E-state index is 0.0689. The van der Waals surface area contributed by atoms with E-state index in [1.165, 1.54) is 0 Å². The van der Waals surface area contributed by atoms with Crippen LogP contribution in [0.1, 0.15) is 20.3 Å². The number of aliphatic hydroxyl groups is 1. The molecule has 0 unspecified atom stereocenters. The van der Waals surface area contributed by atoms with Crippen LogP contribution in [0.25, 0.3) is 0 Å². The largest absolute Gasteiger partial charge is 0.387 e. The summed E-state index contributed by atoms with van der Waals surface area (Å²) in [5.41, 5.74) is 0. The van der Waals surface area contributed by atoms with Gasteiger partial charge in [0.25, 0.3) is 5.91 Å². The van der Waals surface area contributed by atoms with Crippen LogP contribution in [0.4, 0.5) is 0 Å². The normalized spacial score (nSPS) is 32.0. The maximum absolute atomic E-state index is 12.6. The molecule has 2 rings (SSSR count). The van der Waals surface area contributed by atoms with Gasteiger partial charge in [0, 0.05) is 38.6 Å². The van der Waals surface area contributed by atoms with Crippen molar-refractivity contribution in [2.45, 2.75) is 38.5 Å². The molecule has 19 heavy (non-hydrogen) atoms. The van der Waals surface area contributed by atoms with Gasteiger partial charge in [0.1, 0.15) is 12.6 Å². The number of hydrogen-bond donors (Lipinski definition) is 1. The van der Waals surface area contributed by atoms with Crippen molar-refractivity contribution in [1.29, 1.82) is 0 Å². The molecule has 5 nitrogen and oxygen atoms in total. The van der Waals surface area contributed by atoms with Crippen LogP contribution in [0, 0.1) is 0 Å². The van der Waals surface area contributed by atoms with Gasteiger partial charge in [-0.2, -0.15) is 0 Å². The molecule has 1 amide bonds. The number of carbonyl (C=O) groups excluding carboxylic acids is 1. The van der Waals surface area contributed by atoms with Crippen LogP contribution in [-0.4, -0.2) is 90.3 Å². The van der Waals surface area contributed by atoms with Crippen molar-refractivity contribution in [3.8, 4) is 0 Å². The van der Waals surface area contributed by atoms with Crippen molar-refractivity contribution < 1.29 is 14.4 Å². The third-order valence-corrected chi connectivity index (χ3v) is 4.66. The Bertz CT molecular complexity index is 336. The first-order valence-corrected chi connectivity index (χ1v) is 7.35. The lowest BCUT2D eigenvalue weighted by molar-refractivity contribution is -0.894. The number of hydrogen-bond acceptors (Lipinski definition) is 3. The van der Waals surface area contributed by atoms with E-state index in [4.69, 9.17) is 0 Å². The summed E-state index contributed by atoms with van der Waals surface area (Å²) in [6.07, 6.45) is 0.275. The van der Waals surface area contributed by atoms with Crippen molar-refractivity contribution in [3.63, 3.8) is 0 Å². The fourth-order valence-electron chi connectivity index (χ4n) is 3.36. The highest BCUT2D eigenvalue weighted by molar-refractivity contribution is 5.81. The van der Waals surface area contributed by atoms with Gasteiger partial charge >= 0.3 is 0 Å². The van der Waals surface area contributed by atoms with Gasteiger partial charge in [-0.25, -0.2) is 0 Å². The molecule has 0 saturated carbocycles. The van der Waals surface area contributed by atoms with E-state index >= 15 is 0 Å². The van der Waals surface area contributed by atoms with Gasteiger partial charge in [0.15, 0.2) is 6.04 Å². The number of likely N-dealkylation sites (tertiary alicyclic amines) is 1. The molecule has 0 aliphatic carbocycles. The zero-order chi connectivity index (χ0) is 14.2. The summed E-state index contributed by atoms with van der Waals surface area (Å²) >= 11 is 0. The molecule has 2 heterocycles. The summed E-state index contributed by atoms with van der Waals surface area (Å²) in [6.45, 7) is 8.66. The van der Waals surface area contributed by atoms with Crippen molar-refractivity contribution >= 4 is 5.91 Å². The Kier molecular flexibility index (Phi) is 4.18. The lowest BCUT2D eigenvalue weighted by Gasteiger charge is -2.39. The van der Waals surface area contributed by atoms with Crippen LogP contribution in [0.15, 0.2) is 0 Å². The van der Waals surface area contributed by atoms with Crippen LogP contribution in [-0.2, 0) is 4.79 Å². The van der Waals surface area contributed by atoms with Gasteiger partial charge in [-0.15, -0.1) is 0 Å². The van der Waals surface area contributed by atoms with Gasteiger partial charge in [-0.3, -0.25) is 9.69 Å². The second-order valence-corrected chi connectivity index (χ2v) is 6.82. The molecule has 0 aromatic carbocycles. The monoisotopic (exact) mass is 270 g/mol. The van der Waals surface area contributed by atoms with Crippen molar-refractivity contribution in [1.82, 2.24) is 9.80 Å². The molecule has 110 valence electrons. The highest BCUT2D eigenvalue weighted by Crippen LogP contribution is 2.25. The predicted molar refractivity (Wildman–Crippen MR) is 74.7 cm³/mol. The first-order chi connectivity index (χ1) is 8.81. The van der Waals surface area contributed by atoms with Crippen LogP contribution in [0.3, 0.4) is 0 Å². The van der Waals surface area contributed by atoms with E-state index in [2.05, 4.69) is 18.7 Å². The van der Waals surface area contributed by atoms with E-state index in [1.807, 2.05) is 19.0 Å². The zero-order valence-electron chi connectivity index (χ0n) is 12.7. The molecule has 2 fully saturated rings. The molecule has 5 heteroatoms. The topological polar surface area (TPSA) is 43.8 Å². The van der Waals surface area contributed by atoms with Crippen molar-refractivity contribution in [3.05, 3.63) is 0 Å². The van der Waals surface area contributed by atoms with Crippen molar-refractivity contribution in [2.75, 3.05) is 46.8 Å². The minimum atomic E-state index is -0.332. The van der Waals surface area contributed by atoms with E-state index in [9.17, 15) is 9.90 Å². The standard InChI is InChI=1S/C14H28N3O2/c1-11(2)15-5-7-16(8-6-15)14(19)13-9-12(18)10-17(13,3)4/h11-13,18H,5-10H2,1-4H3/q+1/t12-,13+/m1/s1. The molecule has 2 saturated heterocycles. The maximum atomic E-state index is 12.6. The SMILES string of the molecule is CC(C)N1CCN(C(=O)[C@@H]2C[C@@H](O)C[N+]2(C)C)CC1. The Morgan fingerprint density at radius 2 is 1.79 bits per heavy atom. The van der Waals surface area contributed by atoms with Crippen LogP contribution in [0.5, 0.6) is 0 Å². The molecule has 0 aromatic rings. The Balaban J connectivity index is 1.95. The van der Waals surface area contributed by atoms with Crippen LogP contribution in [0.2, 0.25) is 0 Å². The van der Waals surface area contributed by atoms with Gasteiger partial charge in [-0.05, 0) is 13.8 Å². The summed E-state index contributed by atoms with van der Waals surface area (Å²) in [7, 11) is 4.09. The lowest BCUT2D eigenvalue weighted by atomic mass is 10.1. The van der Waals surface area contributed by atoms with Crippen molar-refractivity contribution in [2.24, 2.45) is 0 Å². The van der Waals surface area contributed by atoms with Gasteiger partial charge in [0.2, 0.25) is 0 Å². The summed E-state index contributed by atoms with van der Waals surface area (Å²) < 4.78 is 0.615. The average Bonchev–Trinajstić information content (AvgIpc) is 2.61. The molecule has 2 aliphatic rings. The molecular weight excluding hydrogens is 242 g/mol. The number of carbonyl (C=O) groups is 1. The highest BCUT2D eigenvalue weighted by Gasteiger charge is 2.46. The lowest BCUT2D eigenvalue weighted by Crippen LogP contribution is -2.58. The smallest absolute Gasteiger partial charge is 0.281 e. The number of piperazine rings is 1. The second-order valence-electron chi connectivity index (χ2n) is 6.82. The fourth-order valence-corrected chi connectivity index (χ4v) is 3.36. The molecule has 0 aromatic heterocycles. The van der Waals surface area contributed by atoms with Crippen LogP contribution < -0.4 is 0 Å². The third kappa shape index (κ3) is 3.09. The molecule has 1 N–H and O–H groups in total. The second kappa shape index (κ2) is 5.38. The molecule has 0 radical (unpaired) electrons. The van der Waals surface area contributed by atoms with E-state index in [-0.39, 0.29) is 18.1 Å². The quantitative estimate of drug-likeness (QED) is 0.704. The van der Waals surface area contributed by atoms with E-state index < -0.39 is 0 Å². The summed E-state index contributed by atoms with van der Waals surface area (Å²) in [5, 5.41) is 9.80. The number of rotatable bonds is 2. The van der Waals surface area contributed by atoms with Gasteiger partial charge in [0.05, 0.1) is 14.1 Å². The zero-order valence-corrected chi connectivity index (χ0v) is 12.7. The number of aliphatic hydroxyl groups excluding tert-OH is 1. The maximum Gasteiger partial charge on any atom is 0.281 e. The number of likely N-dealkylation sites (N-methyl/N-ethyl adjacent to an activating group) is 1. The molecule has 2 atom stereocenters. The number of amides is 1. The molecular formula is C14H28N3O2+. The van der Waals surface area contributed by atoms with Crippen LogP contribution >= 0.6 is 0 Å². The Labute approximate surface area is 116 Å².